The van der Waals surface area contributed by atoms with Crippen molar-refractivity contribution in [3.8, 4) is 11.5 Å². The summed E-state index contributed by atoms with van der Waals surface area (Å²) in [4.78, 5) is 37.5. The minimum absolute atomic E-state index is 0.00923. The number of ether oxygens (including phenoxy) is 2. The van der Waals surface area contributed by atoms with Crippen molar-refractivity contribution in [3.63, 3.8) is 0 Å². The number of amidine groups is 1. The monoisotopic (exact) mass is 903 g/mol. The summed E-state index contributed by atoms with van der Waals surface area (Å²) in [7, 11) is 0. The van der Waals surface area contributed by atoms with Gasteiger partial charge in [-0.2, -0.15) is 0 Å². The summed E-state index contributed by atoms with van der Waals surface area (Å²) in [5, 5.41) is 33.4. The first kappa shape index (κ1) is 50.6. The van der Waals surface area contributed by atoms with Crippen LogP contribution in [0.15, 0.2) is 109 Å². The number of rotatable bonds is 15. The van der Waals surface area contributed by atoms with Crippen LogP contribution in [0.1, 0.15) is 124 Å². The number of nitrogen functional groups attached to an aromatic ring is 1. The summed E-state index contributed by atoms with van der Waals surface area (Å²) in [6, 6.07) is 29.5. The highest BCUT2D eigenvalue weighted by atomic mass is 16.5. The molecule has 0 aliphatic heterocycles. The van der Waals surface area contributed by atoms with E-state index in [0.29, 0.717) is 67.5 Å². The smallest absolute Gasteiger partial charge is 0.251 e. The van der Waals surface area contributed by atoms with Gasteiger partial charge in [-0.3, -0.25) is 25.0 Å². The maximum Gasteiger partial charge on any atom is 0.251 e. The molecule has 2 heterocycles. The normalized spacial score (nSPS) is 11.1. The van der Waals surface area contributed by atoms with Crippen molar-refractivity contribution >= 4 is 23.3 Å². The lowest BCUT2D eigenvalue weighted by atomic mass is 9.86. The van der Waals surface area contributed by atoms with Gasteiger partial charge in [0, 0.05) is 53.3 Å². The Balaban J connectivity index is 0.000000251. The third-order valence-electron chi connectivity index (χ3n) is 11.1. The quantitative estimate of drug-likeness (QED) is 0.0331. The molecule has 13 heteroatoms. The average Bonchev–Trinajstić information content (AvgIpc) is 3.31. The van der Waals surface area contributed by atoms with E-state index in [1.807, 2.05) is 86.6 Å². The number of nitrogens with two attached hydrogens (primary N) is 1. The zero-order valence-electron chi connectivity index (χ0n) is 39.6. The fourth-order valence-electron chi connectivity index (χ4n) is 6.94. The molecule has 0 fully saturated rings. The van der Waals surface area contributed by atoms with E-state index >= 15 is 0 Å². The number of aliphatic hydroxyl groups is 2. The van der Waals surface area contributed by atoms with E-state index in [9.17, 15) is 19.8 Å². The van der Waals surface area contributed by atoms with Crippen molar-refractivity contribution in [1.82, 2.24) is 20.6 Å². The predicted molar refractivity (Wildman–Crippen MR) is 261 cm³/mol. The first-order chi connectivity index (χ1) is 31.8. The third-order valence-corrected chi connectivity index (χ3v) is 11.1. The number of nitrogens with zero attached hydrogens (tertiary/aromatic N) is 3. The van der Waals surface area contributed by atoms with Gasteiger partial charge < -0.3 is 36.1 Å². The standard InChI is InChI=1S/C27H32N4O3.C27H29N3O3/c1-17-24(34-16-18-5-7-19(8-6-18)25(28)29)23(15-32)21(13-30-17)14-31-26(33)20-9-11-22(12-10-20)27(2,3)4;1-18-25(33-17-19-6-12-23(28-5)13-7-19)24(16-31)21(14-29-18)15-30-26(32)20-8-10-22(11-9-20)27(2,3)4/h5-13,32H,14-16H2,1-4H3,(H3,28,29)(H,31,33);6-14,31H,15-17H2,1-4H3,(H,30,32). The lowest BCUT2D eigenvalue weighted by Crippen LogP contribution is -2.24. The molecule has 67 heavy (non-hydrogen) atoms. The number of aromatic nitrogens is 2. The summed E-state index contributed by atoms with van der Waals surface area (Å²) >= 11 is 0. The summed E-state index contributed by atoms with van der Waals surface area (Å²) in [6.45, 7) is 24.0. The molecule has 348 valence electrons. The van der Waals surface area contributed by atoms with E-state index in [4.69, 9.17) is 27.2 Å². The molecule has 6 aromatic rings. The zero-order chi connectivity index (χ0) is 48.9. The molecule has 0 saturated heterocycles. The highest BCUT2D eigenvalue weighted by Gasteiger charge is 2.19. The molecule has 7 N–H and O–H groups in total. The topological polar surface area (TPSA) is 197 Å². The van der Waals surface area contributed by atoms with Crippen LogP contribution in [0.2, 0.25) is 0 Å². The van der Waals surface area contributed by atoms with Crippen molar-refractivity contribution < 1.29 is 29.3 Å². The van der Waals surface area contributed by atoms with E-state index in [0.717, 1.165) is 22.3 Å². The number of amides is 2. The molecule has 0 aliphatic rings. The molecule has 6 rings (SSSR count). The molecule has 0 atom stereocenters. The highest BCUT2D eigenvalue weighted by Crippen LogP contribution is 2.29. The summed E-state index contributed by atoms with van der Waals surface area (Å²) < 4.78 is 12.0. The van der Waals surface area contributed by atoms with Crippen molar-refractivity contribution in [2.24, 2.45) is 5.73 Å². The molecule has 2 aromatic heterocycles. The maximum atomic E-state index is 12.7. The number of pyridine rings is 2. The number of hydrogen-bond acceptors (Lipinski definition) is 9. The van der Waals surface area contributed by atoms with Gasteiger partial charge in [0.2, 0.25) is 0 Å². The van der Waals surface area contributed by atoms with Crippen LogP contribution >= 0.6 is 0 Å². The Bertz CT molecular complexity index is 2700. The van der Waals surface area contributed by atoms with Gasteiger partial charge in [-0.1, -0.05) is 114 Å². The SMILES string of the molecule is Cc1ncc(CNC(=O)c2ccc(C(C)(C)C)cc2)c(CO)c1OCc1ccc(C(=N)N)cc1.[C-]#[N+]c1ccc(COc2c(C)ncc(CNC(=O)c3ccc(C(C)(C)C)cc3)c2CO)cc1. The lowest BCUT2D eigenvalue weighted by Gasteiger charge is -2.19. The van der Waals surface area contributed by atoms with Gasteiger partial charge >= 0.3 is 0 Å². The second-order valence-corrected chi connectivity index (χ2v) is 18.2. The van der Waals surface area contributed by atoms with Gasteiger partial charge in [0.1, 0.15) is 30.5 Å². The van der Waals surface area contributed by atoms with E-state index in [-0.39, 0.29) is 68.0 Å². The fourth-order valence-corrected chi connectivity index (χ4v) is 6.94. The highest BCUT2D eigenvalue weighted by molar-refractivity contribution is 5.95. The van der Waals surface area contributed by atoms with Crippen molar-refractivity contribution in [2.45, 2.75) is 106 Å². The minimum Gasteiger partial charge on any atom is -0.487 e. The zero-order valence-corrected chi connectivity index (χ0v) is 39.6. The van der Waals surface area contributed by atoms with Crippen LogP contribution in [0.4, 0.5) is 5.69 Å². The van der Waals surface area contributed by atoms with Crippen molar-refractivity contribution in [2.75, 3.05) is 0 Å². The molecular weight excluding hydrogens is 843 g/mol. The number of hydrogen-bond donors (Lipinski definition) is 6. The second-order valence-electron chi connectivity index (χ2n) is 18.2. The Morgan fingerprint density at radius 2 is 0.985 bits per heavy atom. The average molecular weight is 904 g/mol. The van der Waals surface area contributed by atoms with Gasteiger partial charge in [-0.15, -0.1) is 0 Å². The molecule has 0 aliphatic carbocycles. The largest absolute Gasteiger partial charge is 0.487 e. The fraction of sp³-hybridized carbons (Fsp3) is 0.296. The van der Waals surface area contributed by atoms with Crippen LogP contribution in [0, 0.1) is 25.8 Å². The van der Waals surface area contributed by atoms with E-state index in [2.05, 4.69) is 67.0 Å². The second kappa shape index (κ2) is 22.7. The molecule has 4 aromatic carbocycles. The molecule has 0 saturated carbocycles. The molecule has 0 spiro atoms. The van der Waals surface area contributed by atoms with Crippen molar-refractivity contribution in [1.29, 1.82) is 5.41 Å². The van der Waals surface area contributed by atoms with Gasteiger partial charge in [0.15, 0.2) is 5.69 Å². The molecule has 13 nitrogen and oxygen atoms in total. The maximum absolute atomic E-state index is 12.7. The van der Waals surface area contributed by atoms with Crippen LogP contribution < -0.4 is 25.8 Å². The van der Waals surface area contributed by atoms with Gasteiger partial charge in [-0.05, 0) is 82.3 Å². The first-order valence-electron chi connectivity index (χ1n) is 21.9. The van der Waals surface area contributed by atoms with Gasteiger partial charge in [0.25, 0.3) is 11.8 Å². The number of aliphatic hydroxyl groups excluding tert-OH is 2. The van der Waals surface area contributed by atoms with Crippen LogP contribution in [-0.4, -0.2) is 37.8 Å². The summed E-state index contributed by atoms with van der Waals surface area (Å²) in [6.07, 6.45) is 3.31. The number of aryl methyl sites for hydroxylation is 2. The van der Waals surface area contributed by atoms with Crippen molar-refractivity contribution in [3.05, 3.63) is 193 Å². The van der Waals surface area contributed by atoms with Crippen LogP contribution in [-0.2, 0) is 50.3 Å². The van der Waals surface area contributed by atoms with E-state index in [1.165, 1.54) is 0 Å². The Morgan fingerprint density at radius 1 is 0.627 bits per heavy atom. The van der Waals surface area contributed by atoms with E-state index in [1.54, 1.807) is 36.7 Å². The van der Waals surface area contributed by atoms with Crippen LogP contribution in [0.25, 0.3) is 4.85 Å². The first-order valence-corrected chi connectivity index (χ1v) is 21.9. The number of carbonyl (C=O) groups excluding carboxylic acids is 2. The van der Waals surface area contributed by atoms with Gasteiger partial charge in [-0.25, -0.2) is 4.85 Å². The lowest BCUT2D eigenvalue weighted by molar-refractivity contribution is 0.0942. The summed E-state index contributed by atoms with van der Waals surface area (Å²) in [5.41, 5.74) is 15.9. The number of benzene rings is 4. The predicted octanol–water partition coefficient (Wildman–Crippen LogP) is 9.21. The molecule has 0 bridgehead atoms. The Labute approximate surface area is 393 Å². The Kier molecular flexibility index (Phi) is 17.1. The molecule has 0 radical (unpaired) electrons. The summed E-state index contributed by atoms with van der Waals surface area (Å²) in [5.74, 6) is 0.627. The Hall–Kier alpha value is -7.40. The molecule has 2 amide bonds. The number of nitrogens with one attached hydrogen (secondary N) is 3. The minimum atomic E-state index is -0.243. The van der Waals surface area contributed by atoms with Crippen LogP contribution in [0.5, 0.6) is 11.5 Å². The van der Waals surface area contributed by atoms with Crippen LogP contribution in [0.3, 0.4) is 0 Å². The van der Waals surface area contributed by atoms with Gasteiger partial charge in [0.05, 0.1) is 31.2 Å². The molecular formula is C54H61N7O6. The number of carbonyl (C=O) groups is 2. The van der Waals surface area contributed by atoms with E-state index < -0.39 is 0 Å². The third kappa shape index (κ3) is 13.8. The Morgan fingerprint density at radius 3 is 1.31 bits per heavy atom. The molecule has 0 unspecified atom stereocenters.